The van der Waals surface area contributed by atoms with Gasteiger partial charge in [-0.05, 0) is 64.9 Å². The molecule has 3 rings (SSSR count). The number of hydrogen-bond donors (Lipinski definition) is 2. The van der Waals surface area contributed by atoms with Crippen LogP contribution >= 0.6 is 28.1 Å². The maximum atomic E-state index is 12.9. The Kier molecular flexibility index (Phi) is 8.00. The molecule has 2 N–H and O–H groups in total. The van der Waals surface area contributed by atoms with E-state index in [0.29, 0.717) is 38.7 Å². The van der Waals surface area contributed by atoms with Crippen LogP contribution in [0.1, 0.15) is 28.9 Å². The zero-order valence-corrected chi connectivity index (χ0v) is 20.4. The summed E-state index contributed by atoms with van der Waals surface area (Å²) in [5, 5.41) is 6.60. The summed E-state index contributed by atoms with van der Waals surface area (Å²) in [7, 11) is 3.33. The molecule has 0 bridgehead atoms. The Morgan fingerprint density at radius 2 is 1.94 bits per heavy atom. The van der Waals surface area contributed by atoms with Crippen molar-refractivity contribution in [3.05, 3.63) is 75.4 Å². The van der Waals surface area contributed by atoms with E-state index in [1.54, 1.807) is 37.3 Å². The van der Waals surface area contributed by atoms with Gasteiger partial charge in [0.1, 0.15) is 6.61 Å². The van der Waals surface area contributed by atoms with Gasteiger partial charge in [0.25, 0.3) is 5.91 Å². The van der Waals surface area contributed by atoms with Gasteiger partial charge in [-0.2, -0.15) is 0 Å². The number of hydrogen-bond acceptors (Lipinski definition) is 5. The Morgan fingerprint density at radius 1 is 1.19 bits per heavy atom. The van der Waals surface area contributed by atoms with Crippen LogP contribution in [0, 0.1) is 0 Å². The first kappa shape index (κ1) is 23.9. The van der Waals surface area contributed by atoms with Gasteiger partial charge < -0.3 is 25.0 Å². The Hall–Kier alpha value is -2.75. The van der Waals surface area contributed by atoms with Crippen LogP contribution in [0.25, 0.3) is 0 Å². The van der Waals surface area contributed by atoms with E-state index >= 15 is 0 Å². The second-order valence-corrected chi connectivity index (χ2v) is 8.37. The van der Waals surface area contributed by atoms with Crippen molar-refractivity contribution in [2.75, 3.05) is 32.7 Å². The minimum Gasteiger partial charge on any atom is -0.460 e. The van der Waals surface area contributed by atoms with Crippen molar-refractivity contribution in [3.63, 3.8) is 0 Å². The van der Waals surface area contributed by atoms with Crippen LogP contribution in [0.5, 0.6) is 0 Å². The molecular weight excluding hydrogens is 494 g/mol. The van der Waals surface area contributed by atoms with E-state index in [0.717, 1.165) is 5.56 Å². The number of nitrogens with zero attached hydrogens (tertiary/aromatic N) is 1. The van der Waals surface area contributed by atoms with E-state index in [4.69, 9.17) is 21.7 Å². The van der Waals surface area contributed by atoms with Crippen LogP contribution in [0.15, 0.2) is 64.3 Å². The molecule has 9 heteroatoms. The van der Waals surface area contributed by atoms with E-state index in [-0.39, 0.29) is 12.5 Å². The third-order valence-corrected chi connectivity index (χ3v) is 6.17. The Morgan fingerprint density at radius 3 is 2.66 bits per heavy atom. The number of anilines is 1. The van der Waals surface area contributed by atoms with Crippen molar-refractivity contribution >= 4 is 50.8 Å². The summed E-state index contributed by atoms with van der Waals surface area (Å²) in [6, 6.07) is 14.0. The minimum atomic E-state index is -0.519. The number of esters is 1. The highest BCUT2D eigenvalue weighted by atomic mass is 79.9. The number of thiocarbonyl (C=S) groups is 1. The fourth-order valence-electron chi connectivity index (χ4n) is 3.29. The smallest absolute Gasteiger partial charge is 0.338 e. The summed E-state index contributed by atoms with van der Waals surface area (Å²) in [5.74, 6) is -0.693. The lowest BCUT2D eigenvalue weighted by molar-refractivity contribution is -0.140. The third-order valence-electron chi connectivity index (χ3n) is 5.09. The summed E-state index contributed by atoms with van der Waals surface area (Å²) >= 11 is 8.84. The number of methoxy groups -OCH3 is 1. The summed E-state index contributed by atoms with van der Waals surface area (Å²) in [4.78, 5) is 27.3. The predicted molar refractivity (Wildman–Crippen MR) is 130 cm³/mol. The zero-order valence-electron chi connectivity index (χ0n) is 18.0. The molecule has 1 amide bonds. The third kappa shape index (κ3) is 5.35. The highest BCUT2D eigenvalue weighted by Gasteiger charge is 2.33. The topological polar surface area (TPSA) is 79.9 Å². The van der Waals surface area contributed by atoms with Crippen LogP contribution in [-0.4, -0.2) is 49.3 Å². The number of carbonyl (C=O) groups is 2. The van der Waals surface area contributed by atoms with Gasteiger partial charge in [-0.15, -0.1) is 0 Å². The fraction of sp³-hybridized carbons (Fsp3) is 0.261. The number of nitrogens with one attached hydrogen (secondary N) is 2. The monoisotopic (exact) mass is 517 g/mol. The van der Waals surface area contributed by atoms with E-state index in [9.17, 15) is 9.59 Å². The fourth-order valence-corrected chi connectivity index (χ4v) is 4.00. The van der Waals surface area contributed by atoms with Gasteiger partial charge in [-0.3, -0.25) is 4.79 Å². The molecule has 1 atom stereocenters. The average Bonchev–Trinajstić information content (AvgIpc) is 2.77. The van der Waals surface area contributed by atoms with Crippen molar-refractivity contribution in [1.29, 1.82) is 0 Å². The molecule has 0 aromatic heterocycles. The quantitative estimate of drug-likeness (QED) is 0.326. The van der Waals surface area contributed by atoms with Crippen LogP contribution in [0.3, 0.4) is 0 Å². The van der Waals surface area contributed by atoms with Crippen LogP contribution in [-0.2, 0) is 14.3 Å². The average molecular weight is 518 g/mol. The Bertz CT molecular complexity index is 1070. The standard InChI is InChI=1S/C23H24BrN3O4S/c1-14-19(22(29)31-12-11-30-3)20(26-23(32)27(14)2)15-7-6-8-16(13-15)25-21(28)17-9-4-5-10-18(17)24/h4-10,13,20H,11-12H2,1-3H3,(H,25,28)(H,26,32)/t20-/m1/s1. The SMILES string of the molecule is COCCOC(=O)C1=C(C)N(C)C(=S)N[C@@H]1c1cccc(NC(=O)c2ccccc2Br)c1. The molecule has 32 heavy (non-hydrogen) atoms. The van der Waals surface area contributed by atoms with Gasteiger partial charge in [0, 0.05) is 30.0 Å². The van der Waals surface area contributed by atoms with E-state index in [1.807, 2.05) is 37.3 Å². The molecule has 0 saturated heterocycles. The van der Waals surface area contributed by atoms with E-state index in [1.165, 1.54) is 0 Å². The van der Waals surface area contributed by atoms with Gasteiger partial charge in [0.2, 0.25) is 0 Å². The zero-order chi connectivity index (χ0) is 23.3. The number of rotatable bonds is 7. The summed E-state index contributed by atoms with van der Waals surface area (Å²) in [5.41, 5.74) is 3.04. The molecule has 1 aliphatic heterocycles. The Balaban J connectivity index is 1.89. The highest BCUT2D eigenvalue weighted by Crippen LogP contribution is 2.32. The molecular formula is C23H24BrN3O4S. The van der Waals surface area contributed by atoms with E-state index < -0.39 is 12.0 Å². The van der Waals surface area contributed by atoms with Crippen molar-refractivity contribution in [2.24, 2.45) is 0 Å². The lowest BCUT2D eigenvalue weighted by Crippen LogP contribution is -2.46. The van der Waals surface area contributed by atoms with Crippen LogP contribution in [0.2, 0.25) is 0 Å². The lowest BCUT2D eigenvalue weighted by Gasteiger charge is -2.35. The molecule has 0 radical (unpaired) electrons. The minimum absolute atomic E-state index is 0.148. The van der Waals surface area contributed by atoms with Crippen LogP contribution in [0.4, 0.5) is 5.69 Å². The maximum absolute atomic E-state index is 12.9. The maximum Gasteiger partial charge on any atom is 0.338 e. The second-order valence-electron chi connectivity index (χ2n) is 7.13. The van der Waals surface area contributed by atoms with Gasteiger partial charge in [-0.25, -0.2) is 4.79 Å². The van der Waals surface area contributed by atoms with Crippen molar-refractivity contribution < 1.29 is 19.1 Å². The first-order valence-corrected chi connectivity index (χ1v) is 11.1. The van der Waals surface area contributed by atoms with E-state index in [2.05, 4.69) is 26.6 Å². The molecule has 7 nitrogen and oxygen atoms in total. The molecule has 168 valence electrons. The Labute approximate surface area is 200 Å². The highest BCUT2D eigenvalue weighted by molar-refractivity contribution is 9.10. The number of halogens is 1. The van der Waals surface area contributed by atoms with Crippen molar-refractivity contribution in [3.8, 4) is 0 Å². The number of ether oxygens (including phenoxy) is 2. The largest absolute Gasteiger partial charge is 0.460 e. The number of allylic oxidation sites excluding steroid dienone is 1. The molecule has 2 aromatic carbocycles. The van der Waals surface area contributed by atoms with Crippen molar-refractivity contribution in [1.82, 2.24) is 10.2 Å². The lowest BCUT2D eigenvalue weighted by atomic mass is 9.95. The summed E-state index contributed by atoms with van der Waals surface area (Å²) in [6.45, 7) is 2.28. The van der Waals surface area contributed by atoms with Gasteiger partial charge >= 0.3 is 5.97 Å². The molecule has 0 saturated carbocycles. The van der Waals surface area contributed by atoms with Gasteiger partial charge in [0.15, 0.2) is 5.11 Å². The molecule has 0 fully saturated rings. The second kappa shape index (κ2) is 10.7. The molecule has 0 aliphatic carbocycles. The first-order chi connectivity index (χ1) is 15.3. The molecule has 1 aliphatic rings. The van der Waals surface area contributed by atoms with Gasteiger partial charge in [0.05, 0.1) is 23.8 Å². The normalized spacial score (nSPS) is 15.9. The first-order valence-electron chi connectivity index (χ1n) is 9.90. The number of amides is 1. The predicted octanol–water partition coefficient (Wildman–Crippen LogP) is 4.03. The van der Waals surface area contributed by atoms with Crippen LogP contribution < -0.4 is 10.6 Å². The number of carbonyl (C=O) groups excluding carboxylic acids is 2. The molecule has 1 heterocycles. The van der Waals surface area contributed by atoms with Gasteiger partial charge in [-0.1, -0.05) is 24.3 Å². The molecule has 0 spiro atoms. The summed E-state index contributed by atoms with van der Waals surface area (Å²) in [6.07, 6.45) is 0. The number of benzene rings is 2. The molecule has 2 aromatic rings. The summed E-state index contributed by atoms with van der Waals surface area (Å²) < 4.78 is 11.1. The van der Waals surface area contributed by atoms with Crippen molar-refractivity contribution in [2.45, 2.75) is 13.0 Å². The molecule has 0 unspecified atom stereocenters.